The van der Waals surface area contributed by atoms with Crippen LogP contribution in [0.1, 0.15) is 23.2 Å². The van der Waals surface area contributed by atoms with Crippen LogP contribution in [0.4, 0.5) is 0 Å². The Morgan fingerprint density at radius 3 is 2.65 bits per heavy atom. The van der Waals surface area contributed by atoms with Crippen LogP contribution in [0, 0.1) is 18.3 Å². The molecule has 0 bridgehead atoms. The van der Waals surface area contributed by atoms with Crippen molar-refractivity contribution in [1.82, 2.24) is 9.29 Å². The molecule has 6 nitrogen and oxygen atoms in total. The van der Waals surface area contributed by atoms with E-state index in [2.05, 4.69) is 10.9 Å². The largest absolute Gasteiger partial charge is 0.478 e. The van der Waals surface area contributed by atoms with Crippen LogP contribution in [0.3, 0.4) is 0 Å². The lowest BCUT2D eigenvalue weighted by Gasteiger charge is -2.19. The summed E-state index contributed by atoms with van der Waals surface area (Å²) in [6, 6.07) is 2.41. The van der Waals surface area contributed by atoms with Gasteiger partial charge in [-0.3, -0.25) is 0 Å². The summed E-state index contributed by atoms with van der Waals surface area (Å²) < 4.78 is 26.0. The van der Waals surface area contributed by atoms with Gasteiger partial charge in [-0.2, -0.15) is 4.31 Å². The van der Waals surface area contributed by atoms with E-state index in [9.17, 15) is 13.2 Å². The van der Waals surface area contributed by atoms with Crippen molar-refractivity contribution in [1.29, 1.82) is 0 Å². The first-order valence-corrected chi connectivity index (χ1v) is 7.52. The van der Waals surface area contributed by atoms with Gasteiger partial charge in [0.15, 0.2) is 5.03 Å². The van der Waals surface area contributed by atoms with Crippen molar-refractivity contribution in [3.63, 3.8) is 0 Å². The van der Waals surface area contributed by atoms with Crippen LogP contribution < -0.4 is 0 Å². The van der Waals surface area contributed by atoms with E-state index in [4.69, 9.17) is 11.5 Å². The average molecular weight is 294 g/mol. The van der Waals surface area contributed by atoms with Crippen molar-refractivity contribution < 1.29 is 18.3 Å². The van der Waals surface area contributed by atoms with Gasteiger partial charge in [0.05, 0.1) is 12.1 Å². The van der Waals surface area contributed by atoms with Gasteiger partial charge in [0.25, 0.3) is 10.0 Å². The van der Waals surface area contributed by atoms with Crippen LogP contribution in [0.25, 0.3) is 0 Å². The predicted octanol–water partition coefficient (Wildman–Crippen LogP) is 0.814. The van der Waals surface area contributed by atoms with Crippen molar-refractivity contribution in [2.45, 2.75) is 17.9 Å². The lowest BCUT2D eigenvalue weighted by Crippen LogP contribution is -2.33. The Balaban J connectivity index is 2.26. The second kappa shape index (κ2) is 5.61. The molecule has 1 fully saturated rings. The first-order valence-electron chi connectivity index (χ1n) is 6.08. The van der Waals surface area contributed by atoms with Crippen LogP contribution in [-0.4, -0.2) is 41.9 Å². The fourth-order valence-electron chi connectivity index (χ4n) is 1.73. The highest BCUT2D eigenvalue weighted by Crippen LogP contribution is 2.31. The van der Waals surface area contributed by atoms with Gasteiger partial charge in [-0.15, -0.1) is 6.42 Å². The smallest absolute Gasteiger partial charge is 0.337 e. The Bertz CT molecular complexity index is 642. The summed E-state index contributed by atoms with van der Waals surface area (Å²) in [5.74, 6) is 1.54. The maximum atomic E-state index is 12.4. The Morgan fingerprint density at radius 1 is 1.50 bits per heavy atom. The van der Waals surface area contributed by atoms with Crippen LogP contribution >= 0.6 is 0 Å². The van der Waals surface area contributed by atoms with E-state index in [1.165, 1.54) is 16.4 Å². The van der Waals surface area contributed by atoms with Gasteiger partial charge < -0.3 is 5.11 Å². The highest BCUT2D eigenvalue weighted by Gasteiger charge is 2.32. The molecule has 0 spiro atoms. The molecule has 0 atom stereocenters. The summed E-state index contributed by atoms with van der Waals surface area (Å²) in [6.07, 6.45) is 8.24. The fraction of sp³-hybridized carbons (Fsp3) is 0.385. The Morgan fingerprint density at radius 2 is 2.20 bits per heavy atom. The molecular formula is C13H14N2O4S. The van der Waals surface area contributed by atoms with Gasteiger partial charge in [0, 0.05) is 12.7 Å². The number of hydrogen-bond acceptors (Lipinski definition) is 4. The zero-order valence-electron chi connectivity index (χ0n) is 10.7. The number of carbonyl (C=O) groups is 1. The molecule has 106 valence electrons. The average Bonchev–Trinajstić information content (AvgIpc) is 3.22. The molecule has 1 aromatic heterocycles. The lowest BCUT2D eigenvalue weighted by molar-refractivity contribution is 0.0696. The quantitative estimate of drug-likeness (QED) is 0.785. The van der Waals surface area contributed by atoms with Crippen molar-refractivity contribution in [2.75, 3.05) is 13.1 Å². The highest BCUT2D eigenvalue weighted by atomic mass is 32.2. The number of carboxylic acids is 1. The fourth-order valence-corrected chi connectivity index (χ4v) is 3.07. The molecule has 0 amide bonds. The van der Waals surface area contributed by atoms with E-state index in [0.29, 0.717) is 12.5 Å². The summed E-state index contributed by atoms with van der Waals surface area (Å²) in [5, 5.41) is 8.59. The minimum atomic E-state index is -3.77. The normalized spacial score (nSPS) is 15.0. The Hall–Kier alpha value is -1.91. The van der Waals surface area contributed by atoms with Crippen molar-refractivity contribution in [3.8, 4) is 12.3 Å². The molecular weight excluding hydrogens is 280 g/mol. The number of rotatable bonds is 6. The maximum Gasteiger partial charge on any atom is 0.337 e. The van der Waals surface area contributed by atoms with Gasteiger partial charge >= 0.3 is 5.97 Å². The van der Waals surface area contributed by atoms with E-state index in [1.807, 2.05) is 0 Å². The molecule has 1 saturated carbocycles. The molecule has 0 saturated heterocycles. The Labute approximate surface area is 117 Å². The van der Waals surface area contributed by atoms with E-state index >= 15 is 0 Å². The third kappa shape index (κ3) is 3.15. The number of aromatic nitrogens is 1. The second-order valence-corrected chi connectivity index (χ2v) is 6.52. The SMILES string of the molecule is C#CCN(CC1CC1)S(=O)(=O)c1ccc(C(=O)O)cn1. The number of sulfonamides is 1. The lowest BCUT2D eigenvalue weighted by atomic mass is 10.3. The van der Waals surface area contributed by atoms with E-state index in [1.54, 1.807) is 0 Å². The second-order valence-electron chi connectivity index (χ2n) is 4.64. The third-order valence-electron chi connectivity index (χ3n) is 3.01. The van der Waals surface area contributed by atoms with E-state index in [0.717, 1.165) is 19.0 Å². The maximum absolute atomic E-state index is 12.4. The predicted molar refractivity (Wildman–Crippen MR) is 71.5 cm³/mol. The molecule has 0 radical (unpaired) electrons. The molecule has 1 aliphatic carbocycles. The van der Waals surface area contributed by atoms with Gasteiger partial charge in [0.2, 0.25) is 0 Å². The summed E-state index contributed by atoms with van der Waals surface area (Å²) in [4.78, 5) is 14.4. The number of aromatic carboxylic acids is 1. The van der Waals surface area contributed by atoms with Gasteiger partial charge in [0.1, 0.15) is 0 Å². The minimum absolute atomic E-state index is 0.0127. The zero-order chi connectivity index (χ0) is 14.8. The van der Waals surface area contributed by atoms with Gasteiger partial charge in [-0.25, -0.2) is 18.2 Å². The van der Waals surface area contributed by atoms with E-state index < -0.39 is 16.0 Å². The highest BCUT2D eigenvalue weighted by molar-refractivity contribution is 7.89. The van der Waals surface area contributed by atoms with Crippen LogP contribution in [0.2, 0.25) is 0 Å². The molecule has 0 unspecified atom stereocenters. The van der Waals surface area contributed by atoms with E-state index in [-0.39, 0.29) is 17.1 Å². The van der Waals surface area contributed by atoms with Crippen molar-refractivity contribution >= 4 is 16.0 Å². The molecule has 20 heavy (non-hydrogen) atoms. The zero-order valence-corrected chi connectivity index (χ0v) is 11.5. The van der Waals surface area contributed by atoms with Crippen LogP contribution in [-0.2, 0) is 10.0 Å². The summed E-state index contributed by atoms with van der Waals surface area (Å²) in [7, 11) is -3.77. The van der Waals surface area contributed by atoms with Gasteiger partial charge in [-0.1, -0.05) is 5.92 Å². The molecule has 1 aromatic rings. The molecule has 1 aliphatic rings. The molecule has 1 heterocycles. The molecule has 1 N–H and O–H groups in total. The standard InChI is InChI=1S/C13H14N2O4S/c1-2-7-15(9-10-3-4-10)20(18,19)12-6-5-11(8-14-12)13(16)17/h1,5-6,8,10H,3-4,7,9H2,(H,16,17). The number of terminal acetylenes is 1. The monoisotopic (exact) mass is 294 g/mol. The summed E-state index contributed by atoms with van der Waals surface area (Å²) in [5.41, 5.74) is -0.0605. The molecule has 0 aliphatic heterocycles. The minimum Gasteiger partial charge on any atom is -0.478 e. The first-order chi connectivity index (χ1) is 9.45. The first kappa shape index (κ1) is 14.5. The topological polar surface area (TPSA) is 87.6 Å². The molecule has 2 rings (SSSR count). The van der Waals surface area contributed by atoms with Crippen molar-refractivity contribution in [3.05, 3.63) is 23.9 Å². The molecule has 7 heteroatoms. The van der Waals surface area contributed by atoms with Crippen LogP contribution in [0.5, 0.6) is 0 Å². The third-order valence-corrected chi connectivity index (χ3v) is 4.74. The Kier molecular flexibility index (Phi) is 4.06. The molecule has 0 aromatic carbocycles. The van der Waals surface area contributed by atoms with Gasteiger partial charge in [-0.05, 0) is 30.9 Å². The van der Waals surface area contributed by atoms with Crippen LogP contribution in [0.15, 0.2) is 23.4 Å². The van der Waals surface area contributed by atoms with Crippen molar-refractivity contribution in [2.24, 2.45) is 5.92 Å². The summed E-state index contributed by atoms with van der Waals surface area (Å²) in [6.45, 7) is 0.371. The number of hydrogen-bond donors (Lipinski definition) is 1. The number of carboxylic acid groups (broad SMARTS) is 1. The number of nitrogens with zero attached hydrogens (tertiary/aromatic N) is 2. The summed E-state index contributed by atoms with van der Waals surface area (Å²) >= 11 is 0. The number of pyridine rings is 1.